The second kappa shape index (κ2) is 12.5. The number of nitrogens with one attached hydrogen (secondary N) is 3. The van der Waals surface area contributed by atoms with Crippen LogP contribution < -0.4 is 20.7 Å². The minimum absolute atomic E-state index is 0.0526. The van der Waals surface area contributed by atoms with Crippen molar-refractivity contribution in [2.24, 2.45) is 0 Å². The van der Waals surface area contributed by atoms with Gasteiger partial charge in [-0.3, -0.25) is 5.32 Å². The molecule has 0 aliphatic carbocycles. The minimum atomic E-state index is -1.40. The van der Waals surface area contributed by atoms with Crippen LogP contribution in [-0.2, 0) is 6.61 Å². The number of anilines is 1. The van der Waals surface area contributed by atoms with E-state index in [1.54, 1.807) is 0 Å². The molecular formula is C20H25ClF2N4O4S. The lowest BCUT2D eigenvalue weighted by molar-refractivity contribution is 0.0693. The monoisotopic (exact) mass is 490 g/mol. The Hall–Kier alpha value is -2.50. The van der Waals surface area contributed by atoms with Gasteiger partial charge in [0.05, 0.1) is 5.56 Å². The fourth-order valence-electron chi connectivity index (χ4n) is 2.67. The first-order chi connectivity index (χ1) is 15.2. The molecule has 0 radical (unpaired) electrons. The number of carboxylic acids is 1. The number of aromatic carboxylic acids is 1. The lowest BCUT2D eigenvalue weighted by Crippen LogP contribution is -2.30. The number of hydrogen-bond donors (Lipinski definition) is 4. The van der Waals surface area contributed by atoms with Gasteiger partial charge in [-0.05, 0) is 43.1 Å². The van der Waals surface area contributed by atoms with Crippen LogP contribution in [0.4, 0.5) is 18.6 Å². The van der Waals surface area contributed by atoms with Crippen LogP contribution in [0.15, 0.2) is 12.1 Å². The van der Waals surface area contributed by atoms with Crippen LogP contribution in [0.2, 0.25) is 5.02 Å². The maximum Gasteiger partial charge on any atom is 0.344 e. The molecule has 0 bridgehead atoms. The Labute approximate surface area is 193 Å². The highest BCUT2D eigenvalue weighted by atomic mass is 35.5. The van der Waals surface area contributed by atoms with Crippen molar-refractivity contribution < 1.29 is 28.2 Å². The number of benzene rings is 1. The molecule has 4 N–H and O–H groups in total. The predicted octanol–water partition coefficient (Wildman–Crippen LogP) is 4.64. The lowest BCUT2D eigenvalue weighted by atomic mass is 10.2. The Morgan fingerprint density at radius 3 is 2.47 bits per heavy atom. The molecule has 0 saturated heterocycles. The molecule has 1 aromatic heterocycles. The highest BCUT2D eigenvalue weighted by molar-refractivity contribution is 7.11. The van der Waals surface area contributed by atoms with Gasteiger partial charge in [-0.2, -0.15) is 4.37 Å². The van der Waals surface area contributed by atoms with E-state index in [0.717, 1.165) is 37.9 Å². The number of nitrogens with zero attached hydrogens (tertiary/aromatic N) is 1. The molecule has 0 atom stereocenters. The van der Waals surface area contributed by atoms with E-state index in [0.29, 0.717) is 24.1 Å². The molecule has 0 aliphatic rings. The number of carbonyl (C=O) groups excluding carboxylic acids is 1. The quantitative estimate of drug-likeness (QED) is 0.322. The fraction of sp³-hybridized carbons (Fsp3) is 0.450. The van der Waals surface area contributed by atoms with Gasteiger partial charge >= 0.3 is 12.0 Å². The third-order valence-electron chi connectivity index (χ3n) is 4.25. The highest BCUT2D eigenvalue weighted by Crippen LogP contribution is 2.31. The maximum absolute atomic E-state index is 13.9. The number of aromatic nitrogens is 1. The molecule has 0 fully saturated rings. The van der Waals surface area contributed by atoms with Crippen LogP contribution in [0.5, 0.6) is 5.88 Å². The van der Waals surface area contributed by atoms with Crippen LogP contribution in [0, 0.1) is 11.6 Å². The van der Waals surface area contributed by atoms with Gasteiger partial charge in [-0.1, -0.05) is 31.9 Å². The number of carbonyl (C=O) groups is 2. The van der Waals surface area contributed by atoms with Gasteiger partial charge in [0.15, 0.2) is 5.56 Å². The standard InChI is InChI=1S/C20H25ClF2N4O4S/c1-11(2)24-6-4-3-5-7-25-20(30)26-18-16(19(28)29)17(27-32-18)31-10-13-14(22)8-12(21)9-15(13)23/h8-9,11,24H,3-7,10H2,1-2H3,(H,28,29)(H2,25,26,30). The van der Waals surface area contributed by atoms with Crippen molar-refractivity contribution in [2.45, 2.75) is 45.8 Å². The zero-order valence-electron chi connectivity index (χ0n) is 17.6. The Bertz CT molecular complexity index is 919. The Kier molecular flexibility index (Phi) is 10.1. The summed E-state index contributed by atoms with van der Waals surface area (Å²) in [6.07, 6.45) is 2.68. The molecule has 0 aliphatic heterocycles. The van der Waals surface area contributed by atoms with Crippen LogP contribution in [-0.4, -0.2) is 40.6 Å². The summed E-state index contributed by atoms with van der Waals surface area (Å²) in [5.41, 5.74) is -0.825. The van der Waals surface area contributed by atoms with Gasteiger partial charge in [-0.15, -0.1) is 0 Å². The summed E-state index contributed by atoms with van der Waals surface area (Å²) in [4.78, 5) is 23.7. The largest absolute Gasteiger partial charge is 0.477 e. The molecule has 2 rings (SSSR count). The fourth-order valence-corrected chi connectivity index (χ4v) is 3.58. The number of rotatable bonds is 12. The number of carboxylic acid groups (broad SMARTS) is 1. The SMILES string of the molecule is CC(C)NCCCCCNC(=O)Nc1snc(OCc2c(F)cc(Cl)cc2F)c1C(=O)O. The summed E-state index contributed by atoms with van der Waals surface area (Å²) >= 11 is 6.27. The van der Waals surface area contributed by atoms with Gasteiger partial charge in [0, 0.05) is 17.6 Å². The Morgan fingerprint density at radius 2 is 1.84 bits per heavy atom. The second-order valence-electron chi connectivity index (χ2n) is 7.18. The van der Waals surface area contributed by atoms with Crippen LogP contribution >= 0.6 is 23.1 Å². The summed E-state index contributed by atoms with van der Waals surface area (Å²) in [5.74, 6) is -3.62. The van der Waals surface area contributed by atoms with Crippen molar-refractivity contribution in [1.82, 2.24) is 15.0 Å². The summed E-state index contributed by atoms with van der Waals surface area (Å²) in [6, 6.07) is 1.68. The number of halogens is 3. The van der Waals surface area contributed by atoms with Crippen LogP contribution in [0.25, 0.3) is 0 Å². The zero-order chi connectivity index (χ0) is 23.7. The molecule has 0 saturated carbocycles. The van der Waals surface area contributed by atoms with Crippen molar-refractivity contribution in [3.8, 4) is 5.88 Å². The van der Waals surface area contributed by atoms with Gasteiger partial charge in [-0.25, -0.2) is 18.4 Å². The molecule has 0 spiro atoms. The number of amides is 2. The van der Waals surface area contributed by atoms with Gasteiger partial charge < -0.3 is 20.5 Å². The van der Waals surface area contributed by atoms with Crippen molar-refractivity contribution in [3.05, 3.63) is 39.9 Å². The van der Waals surface area contributed by atoms with E-state index in [1.807, 2.05) is 0 Å². The lowest BCUT2D eigenvalue weighted by Gasteiger charge is -2.09. The molecule has 176 valence electrons. The smallest absolute Gasteiger partial charge is 0.344 e. The van der Waals surface area contributed by atoms with Crippen molar-refractivity contribution in [3.63, 3.8) is 0 Å². The highest BCUT2D eigenvalue weighted by Gasteiger charge is 2.24. The summed E-state index contributed by atoms with van der Waals surface area (Å²) in [7, 11) is 0. The van der Waals surface area contributed by atoms with E-state index in [9.17, 15) is 23.5 Å². The third kappa shape index (κ3) is 7.88. The summed E-state index contributed by atoms with van der Waals surface area (Å²) in [5, 5.41) is 17.7. The minimum Gasteiger partial charge on any atom is -0.477 e. The predicted molar refractivity (Wildman–Crippen MR) is 119 cm³/mol. The zero-order valence-corrected chi connectivity index (χ0v) is 19.2. The van der Waals surface area contributed by atoms with Gasteiger partial charge in [0.1, 0.15) is 23.2 Å². The van der Waals surface area contributed by atoms with Crippen LogP contribution in [0.1, 0.15) is 49.0 Å². The van der Waals surface area contributed by atoms with Crippen molar-refractivity contribution >= 4 is 40.1 Å². The molecule has 1 heterocycles. The second-order valence-corrected chi connectivity index (χ2v) is 8.39. The van der Waals surface area contributed by atoms with Gasteiger partial charge in [0.2, 0.25) is 5.88 Å². The summed E-state index contributed by atoms with van der Waals surface area (Å²) < 4.78 is 36.9. The van der Waals surface area contributed by atoms with E-state index in [-0.39, 0.29) is 15.9 Å². The first-order valence-electron chi connectivity index (χ1n) is 9.96. The average molecular weight is 491 g/mol. The molecule has 12 heteroatoms. The average Bonchev–Trinajstić information content (AvgIpc) is 3.08. The first-order valence-corrected chi connectivity index (χ1v) is 11.1. The Morgan fingerprint density at radius 1 is 1.19 bits per heavy atom. The molecule has 8 nitrogen and oxygen atoms in total. The van der Waals surface area contributed by atoms with Crippen molar-refractivity contribution in [2.75, 3.05) is 18.4 Å². The van der Waals surface area contributed by atoms with E-state index in [2.05, 4.69) is 34.2 Å². The topological polar surface area (TPSA) is 113 Å². The number of urea groups is 1. The van der Waals surface area contributed by atoms with Crippen LogP contribution in [0.3, 0.4) is 0 Å². The third-order valence-corrected chi connectivity index (χ3v) is 5.22. The van der Waals surface area contributed by atoms with E-state index in [4.69, 9.17) is 16.3 Å². The molecule has 2 amide bonds. The Balaban J connectivity index is 1.90. The molecule has 0 unspecified atom stereocenters. The van der Waals surface area contributed by atoms with E-state index in [1.165, 1.54) is 0 Å². The number of ether oxygens (including phenoxy) is 1. The number of unbranched alkanes of at least 4 members (excludes halogenated alkanes) is 2. The molecular weight excluding hydrogens is 466 g/mol. The first kappa shape index (κ1) is 25.8. The van der Waals surface area contributed by atoms with Crippen molar-refractivity contribution in [1.29, 1.82) is 0 Å². The van der Waals surface area contributed by atoms with E-state index >= 15 is 0 Å². The molecule has 32 heavy (non-hydrogen) atoms. The summed E-state index contributed by atoms with van der Waals surface area (Å²) in [6.45, 7) is 4.87. The molecule has 1 aromatic carbocycles. The number of hydrogen-bond acceptors (Lipinski definition) is 6. The maximum atomic E-state index is 13.9. The van der Waals surface area contributed by atoms with Gasteiger partial charge in [0.25, 0.3) is 0 Å². The van der Waals surface area contributed by atoms with E-state index < -0.39 is 41.4 Å². The molecule has 2 aromatic rings. The normalized spacial score (nSPS) is 10.9.